The third-order valence-electron chi connectivity index (χ3n) is 4.43. The molecule has 5 nitrogen and oxygen atoms in total. The highest BCUT2D eigenvalue weighted by Gasteiger charge is 2.42. The van der Waals surface area contributed by atoms with E-state index < -0.39 is 0 Å². The summed E-state index contributed by atoms with van der Waals surface area (Å²) in [5, 5.41) is 3.50. The Morgan fingerprint density at radius 2 is 2.14 bits per heavy atom. The second-order valence-electron chi connectivity index (χ2n) is 5.78. The Bertz CT molecular complexity index is 445. The number of nitrogens with zero attached hydrogens (tertiary/aromatic N) is 2. The van der Waals surface area contributed by atoms with Crippen LogP contribution in [0.1, 0.15) is 26.2 Å². The predicted octanol–water partition coefficient (Wildman–Crippen LogP) is 2.29. The van der Waals surface area contributed by atoms with Gasteiger partial charge < -0.3 is 19.7 Å². The maximum atomic E-state index is 5.65. The molecule has 0 bridgehead atoms. The van der Waals surface area contributed by atoms with Crippen molar-refractivity contribution in [2.24, 2.45) is 0 Å². The highest BCUT2D eigenvalue weighted by molar-refractivity contribution is 5.50. The summed E-state index contributed by atoms with van der Waals surface area (Å²) in [5.41, 5.74) is 1.06. The fourth-order valence-electron chi connectivity index (χ4n) is 3.23. The van der Waals surface area contributed by atoms with Gasteiger partial charge in [-0.2, -0.15) is 0 Å². The van der Waals surface area contributed by atoms with Crippen molar-refractivity contribution in [3.05, 3.63) is 18.3 Å². The molecule has 1 aliphatic heterocycles. The molecule has 0 spiro atoms. The van der Waals surface area contributed by atoms with E-state index in [0.717, 1.165) is 37.6 Å². The van der Waals surface area contributed by atoms with Crippen molar-refractivity contribution in [2.45, 2.75) is 44.4 Å². The Morgan fingerprint density at radius 3 is 2.76 bits per heavy atom. The topological polar surface area (TPSA) is 46.6 Å². The molecule has 2 heterocycles. The van der Waals surface area contributed by atoms with Crippen molar-refractivity contribution >= 4 is 11.5 Å². The Kier molecular flexibility index (Phi) is 4.60. The maximum Gasteiger partial charge on any atom is 0.128 e. The van der Waals surface area contributed by atoms with Crippen LogP contribution in [0.2, 0.25) is 0 Å². The molecule has 1 aromatic rings. The zero-order valence-electron chi connectivity index (χ0n) is 12.9. The van der Waals surface area contributed by atoms with Crippen molar-refractivity contribution in [1.29, 1.82) is 0 Å². The van der Waals surface area contributed by atoms with Crippen LogP contribution in [0.4, 0.5) is 11.5 Å². The van der Waals surface area contributed by atoms with Crippen LogP contribution in [0.25, 0.3) is 0 Å². The van der Waals surface area contributed by atoms with Gasteiger partial charge in [0.05, 0.1) is 24.0 Å². The van der Waals surface area contributed by atoms with Gasteiger partial charge in [-0.05, 0) is 38.3 Å². The minimum absolute atomic E-state index is 0.128. The van der Waals surface area contributed by atoms with Crippen LogP contribution in [-0.4, -0.2) is 50.0 Å². The van der Waals surface area contributed by atoms with Crippen molar-refractivity contribution in [1.82, 2.24) is 4.98 Å². The Hall–Kier alpha value is -1.33. The van der Waals surface area contributed by atoms with E-state index in [2.05, 4.69) is 27.3 Å². The van der Waals surface area contributed by atoms with Crippen LogP contribution in [0.15, 0.2) is 18.3 Å². The van der Waals surface area contributed by atoms with Crippen LogP contribution in [0.5, 0.6) is 0 Å². The summed E-state index contributed by atoms with van der Waals surface area (Å²) in [4.78, 5) is 6.91. The van der Waals surface area contributed by atoms with E-state index in [1.165, 1.54) is 12.8 Å². The largest absolute Gasteiger partial charge is 0.378 e. The summed E-state index contributed by atoms with van der Waals surface area (Å²) in [6.45, 7) is 5.02. The van der Waals surface area contributed by atoms with Gasteiger partial charge in [0, 0.05) is 26.8 Å². The number of pyridine rings is 1. The van der Waals surface area contributed by atoms with Crippen LogP contribution in [0, 0.1) is 0 Å². The summed E-state index contributed by atoms with van der Waals surface area (Å²) in [7, 11) is 1.75. The fourth-order valence-corrected chi connectivity index (χ4v) is 3.23. The lowest BCUT2D eigenvalue weighted by Gasteiger charge is -2.43. The molecule has 5 heteroatoms. The molecule has 0 aromatic carbocycles. The smallest absolute Gasteiger partial charge is 0.128 e. The molecule has 2 fully saturated rings. The van der Waals surface area contributed by atoms with E-state index in [1.54, 1.807) is 7.11 Å². The number of hydrogen-bond donors (Lipinski definition) is 1. The first-order valence-corrected chi connectivity index (χ1v) is 7.93. The van der Waals surface area contributed by atoms with Crippen molar-refractivity contribution in [3.8, 4) is 0 Å². The van der Waals surface area contributed by atoms with Crippen LogP contribution in [0.3, 0.4) is 0 Å². The van der Waals surface area contributed by atoms with Crippen molar-refractivity contribution in [2.75, 3.05) is 37.0 Å². The lowest BCUT2D eigenvalue weighted by atomic mass is 9.85. The number of aromatic nitrogens is 1. The highest BCUT2D eigenvalue weighted by atomic mass is 16.5. The number of methoxy groups -OCH3 is 1. The van der Waals surface area contributed by atoms with E-state index in [4.69, 9.17) is 9.47 Å². The molecule has 1 saturated heterocycles. The highest BCUT2D eigenvalue weighted by Crippen LogP contribution is 2.30. The molecule has 1 saturated carbocycles. The monoisotopic (exact) mass is 291 g/mol. The Labute approximate surface area is 126 Å². The molecule has 2 aliphatic rings. The zero-order valence-corrected chi connectivity index (χ0v) is 12.9. The van der Waals surface area contributed by atoms with Gasteiger partial charge in [0.1, 0.15) is 11.9 Å². The van der Waals surface area contributed by atoms with Gasteiger partial charge in [0.15, 0.2) is 0 Å². The normalized spacial score (nSPS) is 28.5. The summed E-state index contributed by atoms with van der Waals surface area (Å²) in [6, 6.07) is 4.53. The average Bonchev–Trinajstić information content (AvgIpc) is 3.01. The molecule has 3 unspecified atom stereocenters. The molecular weight excluding hydrogens is 266 g/mol. The Morgan fingerprint density at radius 1 is 1.33 bits per heavy atom. The molecule has 21 heavy (non-hydrogen) atoms. The summed E-state index contributed by atoms with van der Waals surface area (Å²) in [6.07, 6.45) is 5.81. The first-order valence-electron chi connectivity index (χ1n) is 7.93. The van der Waals surface area contributed by atoms with Crippen molar-refractivity contribution in [3.63, 3.8) is 0 Å². The quantitative estimate of drug-likeness (QED) is 0.871. The first kappa shape index (κ1) is 14.6. The SMILES string of the molecule is CCOC1CC(Nc2ccc(N3CCCC3)nc2)C1OC. The van der Waals surface area contributed by atoms with Gasteiger partial charge in [0.2, 0.25) is 0 Å². The molecule has 1 aromatic heterocycles. The molecule has 1 aliphatic carbocycles. The summed E-state index contributed by atoms with van der Waals surface area (Å²) in [5.74, 6) is 1.09. The first-order chi connectivity index (χ1) is 10.3. The molecule has 1 N–H and O–H groups in total. The molecule has 0 radical (unpaired) electrons. The molecular formula is C16H25N3O2. The van der Waals surface area contributed by atoms with E-state index >= 15 is 0 Å². The van der Waals surface area contributed by atoms with Crippen molar-refractivity contribution < 1.29 is 9.47 Å². The number of anilines is 2. The average molecular weight is 291 g/mol. The predicted molar refractivity (Wildman–Crippen MR) is 83.9 cm³/mol. The third kappa shape index (κ3) is 3.14. The number of hydrogen-bond acceptors (Lipinski definition) is 5. The molecule has 3 rings (SSSR count). The van der Waals surface area contributed by atoms with Crippen LogP contribution >= 0.6 is 0 Å². The zero-order chi connectivity index (χ0) is 14.7. The fraction of sp³-hybridized carbons (Fsp3) is 0.688. The lowest BCUT2D eigenvalue weighted by Crippen LogP contribution is -2.56. The number of ether oxygens (including phenoxy) is 2. The maximum absolute atomic E-state index is 5.65. The van der Waals surface area contributed by atoms with Gasteiger partial charge in [-0.1, -0.05) is 0 Å². The van der Waals surface area contributed by atoms with Gasteiger partial charge >= 0.3 is 0 Å². The van der Waals surface area contributed by atoms with Crippen LogP contribution in [-0.2, 0) is 9.47 Å². The van der Waals surface area contributed by atoms with E-state index in [0.29, 0.717) is 6.04 Å². The second-order valence-corrected chi connectivity index (χ2v) is 5.78. The minimum Gasteiger partial charge on any atom is -0.378 e. The van der Waals surface area contributed by atoms with Crippen LogP contribution < -0.4 is 10.2 Å². The Balaban J connectivity index is 1.56. The lowest BCUT2D eigenvalue weighted by molar-refractivity contribution is -0.118. The van der Waals surface area contributed by atoms with E-state index in [9.17, 15) is 0 Å². The minimum atomic E-state index is 0.128. The van der Waals surface area contributed by atoms with E-state index in [1.807, 2.05) is 13.1 Å². The summed E-state index contributed by atoms with van der Waals surface area (Å²) < 4.78 is 11.2. The van der Waals surface area contributed by atoms with Gasteiger partial charge in [-0.3, -0.25) is 0 Å². The number of rotatable bonds is 6. The summed E-state index contributed by atoms with van der Waals surface area (Å²) >= 11 is 0. The van der Waals surface area contributed by atoms with Gasteiger partial charge in [0.25, 0.3) is 0 Å². The van der Waals surface area contributed by atoms with Gasteiger partial charge in [-0.15, -0.1) is 0 Å². The van der Waals surface area contributed by atoms with E-state index in [-0.39, 0.29) is 12.2 Å². The molecule has 116 valence electrons. The molecule has 0 amide bonds. The second kappa shape index (κ2) is 6.62. The molecule has 3 atom stereocenters. The number of nitrogens with one attached hydrogen (secondary N) is 1. The standard InChI is InChI=1S/C16H25N3O2/c1-3-21-14-10-13(16(14)20-2)18-12-6-7-15(17-11-12)19-8-4-5-9-19/h6-7,11,13-14,16,18H,3-5,8-10H2,1-2H3. The van der Waals surface area contributed by atoms with Gasteiger partial charge in [-0.25, -0.2) is 4.98 Å². The third-order valence-corrected chi connectivity index (χ3v) is 4.43.